The zero-order chi connectivity index (χ0) is 13.8. The first kappa shape index (κ1) is 13.8. The van der Waals surface area contributed by atoms with Crippen molar-refractivity contribution >= 4 is 17.7 Å². The van der Waals surface area contributed by atoms with Gasteiger partial charge in [-0.15, -0.1) is 5.10 Å². The Hall–Kier alpha value is -1.15. The number of rotatable bonds is 7. The Balaban J connectivity index is 1.44. The maximum absolute atomic E-state index is 11.7. The summed E-state index contributed by atoms with van der Waals surface area (Å²) >= 11 is 1.38. The summed E-state index contributed by atoms with van der Waals surface area (Å²) in [6, 6.07) is 0. The van der Waals surface area contributed by atoms with Crippen LogP contribution >= 0.6 is 11.8 Å². The molecule has 1 unspecified atom stereocenters. The van der Waals surface area contributed by atoms with Gasteiger partial charge in [0.15, 0.2) is 0 Å². The number of nitrogens with one attached hydrogen (secondary N) is 1. The second kappa shape index (κ2) is 6.53. The van der Waals surface area contributed by atoms with Crippen LogP contribution in [0.2, 0.25) is 0 Å². The normalized spacial score (nSPS) is 22.1. The molecule has 1 aromatic heterocycles. The molecule has 7 nitrogen and oxygen atoms in total. The van der Waals surface area contributed by atoms with E-state index in [9.17, 15) is 4.79 Å². The lowest BCUT2D eigenvalue weighted by Crippen LogP contribution is -2.27. The number of tetrazole rings is 1. The summed E-state index contributed by atoms with van der Waals surface area (Å²) in [5, 5.41) is 15.2. The Morgan fingerprint density at radius 1 is 1.45 bits per heavy atom. The highest BCUT2D eigenvalue weighted by Gasteiger charge is 2.22. The van der Waals surface area contributed by atoms with E-state index in [-0.39, 0.29) is 12.0 Å². The fourth-order valence-electron chi connectivity index (χ4n) is 2.16. The van der Waals surface area contributed by atoms with Crippen molar-refractivity contribution in [3.8, 4) is 0 Å². The zero-order valence-corrected chi connectivity index (χ0v) is 12.1. The molecule has 8 heteroatoms. The largest absolute Gasteiger partial charge is 0.376 e. The highest BCUT2D eigenvalue weighted by atomic mass is 32.2. The Labute approximate surface area is 121 Å². The van der Waals surface area contributed by atoms with Gasteiger partial charge >= 0.3 is 0 Å². The summed E-state index contributed by atoms with van der Waals surface area (Å²) in [5.41, 5.74) is 0. The predicted octanol–water partition coefficient (Wildman–Crippen LogP) is 0.470. The first-order valence-corrected chi connectivity index (χ1v) is 8.07. The molecule has 1 aliphatic carbocycles. The van der Waals surface area contributed by atoms with Crippen LogP contribution in [0.1, 0.15) is 25.7 Å². The van der Waals surface area contributed by atoms with Gasteiger partial charge in [-0.25, -0.2) is 4.68 Å². The van der Waals surface area contributed by atoms with Crippen molar-refractivity contribution in [3.63, 3.8) is 0 Å². The molecule has 0 aromatic carbocycles. The van der Waals surface area contributed by atoms with Gasteiger partial charge in [-0.1, -0.05) is 11.8 Å². The number of aromatic nitrogens is 4. The minimum atomic E-state index is 0.0496. The predicted molar refractivity (Wildman–Crippen MR) is 73.2 cm³/mol. The highest BCUT2D eigenvalue weighted by molar-refractivity contribution is 7.99. The number of carbonyl (C=O) groups is 1. The summed E-state index contributed by atoms with van der Waals surface area (Å²) in [7, 11) is 0. The van der Waals surface area contributed by atoms with Gasteiger partial charge in [0.05, 0.1) is 18.4 Å². The molecule has 0 bridgehead atoms. The quantitative estimate of drug-likeness (QED) is 0.737. The van der Waals surface area contributed by atoms with E-state index < -0.39 is 0 Å². The third kappa shape index (κ3) is 3.92. The number of ether oxygens (including phenoxy) is 1. The molecule has 1 aromatic rings. The van der Waals surface area contributed by atoms with E-state index in [4.69, 9.17) is 4.74 Å². The zero-order valence-electron chi connectivity index (χ0n) is 11.3. The molecule has 0 radical (unpaired) electrons. The van der Waals surface area contributed by atoms with Gasteiger partial charge in [-0.3, -0.25) is 4.79 Å². The van der Waals surface area contributed by atoms with Gasteiger partial charge in [0.1, 0.15) is 0 Å². The van der Waals surface area contributed by atoms with Crippen LogP contribution in [0, 0.1) is 5.92 Å². The van der Waals surface area contributed by atoms with Crippen LogP contribution < -0.4 is 5.32 Å². The fourth-order valence-corrected chi connectivity index (χ4v) is 2.87. The van der Waals surface area contributed by atoms with E-state index in [1.165, 1.54) is 24.6 Å². The lowest BCUT2D eigenvalue weighted by molar-refractivity contribution is -0.118. The number of amides is 1. The summed E-state index contributed by atoms with van der Waals surface area (Å²) in [5.74, 6) is 1.11. The monoisotopic (exact) mass is 297 g/mol. The van der Waals surface area contributed by atoms with Crippen molar-refractivity contribution in [1.82, 2.24) is 25.5 Å². The molecule has 1 amide bonds. The summed E-state index contributed by atoms with van der Waals surface area (Å²) in [4.78, 5) is 11.7. The van der Waals surface area contributed by atoms with Gasteiger partial charge in [0, 0.05) is 13.2 Å². The Morgan fingerprint density at radius 2 is 2.35 bits per heavy atom. The van der Waals surface area contributed by atoms with Crippen LogP contribution in [0.3, 0.4) is 0 Å². The molecule has 1 saturated carbocycles. The molecule has 1 N–H and O–H groups in total. The third-order valence-electron chi connectivity index (χ3n) is 3.52. The van der Waals surface area contributed by atoms with Crippen LogP contribution in [0.5, 0.6) is 0 Å². The van der Waals surface area contributed by atoms with Crippen LogP contribution in [-0.4, -0.2) is 51.1 Å². The third-order valence-corrected chi connectivity index (χ3v) is 4.47. The second-order valence-corrected chi connectivity index (χ2v) is 6.26. The highest BCUT2D eigenvalue weighted by Crippen LogP contribution is 2.27. The molecule has 1 saturated heterocycles. The summed E-state index contributed by atoms with van der Waals surface area (Å²) in [6.45, 7) is 2.29. The van der Waals surface area contributed by atoms with E-state index in [0.717, 1.165) is 26.0 Å². The van der Waals surface area contributed by atoms with Gasteiger partial charge in [-0.05, 0) is 42.0 Å². The second-order valence-electron chi connectivity index (χ2n) is 5.31. The molecule has 2 aliphatic rings. The molecule has 20 heavy (non-hydrogen) atoms. The fraction of sp³-hybridized carbons (Fsp3) is 0.833. The van der Waals surface area contributed by atoms with Crippen molar-refractivity contribution in [1.29, 1.82) is 0 Å². The van der Waals surface area contributed by atoms with Crippen LogP contribution in [0.25, 0.3) is 0 Å². The first-order valence-electron chi connectivity index (χ1n) is 7.08. The number of carbonyl (C=O) groups excluding carboxylic acids is 1. The molecule has 110 valence electrons. The first-order chi connectivity index (χ1) is 9.81. The van der Waals surface area contributed by atoms with Gasteiger partial charge in [0.25, 0.3) is 0 Å². The maximum Gasteiger partial charge on any atom is 0.230 e. The lowest BCUT2D eigenvalue weighted by atomic mass is 10.2. The van der Waals surface area contributed by atoms with E-state index in [0.29, 0.717) is 23.4 Å². The van der Waals surface area contributed by atoms with Crippen molar-refractivity contribution in [2.24, 2.45) is 5.92 Å². The van der Waals surface area contributed by atoms with E-state index >= 15 is 0 Å². The van der Waals surface area contributed by atoms with E-state index in [1.54, 1.807) is 4.68 Å². The average molecular weight is 297 g/mol. The van der Waals surface area contributed by atoms with Crippen LogP contribution in [0.4, 0.5) is 0 Å². The average Bonchev–Trinajstić information content (AvgIpc) is 2.95. The topological polar surface area (TPSA) is 81.9 Å². The standard InChI is InChI=1S/C12H19N5O2S/c18-11(13-6-9-3-4-9)8-20-12-14-15-16-17(12)7-10-2-1-5-19-10/h9-10H,1-8H2,(H,13,18). The summed E-state index contributed by atoms with van der Waals surface area (Å²) < 4.78 is 7.30. The number of hydrogen-bond acceptors (Lipinski definition) is 6. The van der Waals surface area contributed by atoms with Crippen molar-refractivity contribution in [2.75, 3.05) is 18.9 Å². The van der Waals surface area contributed by atoms with E-state index in [1.807, 2.05) is 0 Å². The molecule has 3 rings (SSSR count). The van der Waals surface area contributed by atoms with Crippen molar-refractivity contribution in [2.45, 2.75) is 43.5 Å². The van der Waals surface area contributed by atoms with Crippen molar-refractivity contribution in [3.05, 3.63) is 0 Å². The molecule has 1 atom stereocenters. The Bertz CT molecular complexity index is 456. The molecular weight excluding hydrogens is 278 g/mol. The Kier molecular flexibility index (Phi) is 4.51. The Morgan fingerprint density at radius 3 is 3.10 bits per heavy atom. The molecule has 1 aliphatic heterocycles. The van der Waals surface area contributed by atoms with Crippen LogP contribution in [0.15, 0.2) is 5.16 Å². The number of hydrogen-bond donors (Lipinski definition) is 1. The number of thioether (sulfide) groups is 1. The minimum Gasteiger partial charge on any atom is -0.376 e. The van der Waals surface area contributed by atoms with Crippen LogP contribution in [-0.2, 0) is 16.1 Å². The van der Waals surface area contributed by atoms with Gasteiger partial charge in [-0.2, -0.15) is 0 Å². The SMILES string of the molecule is O=C(CSc1nnnn1CC1CCCO1)NCC1CC1. The molecule has 2 fully saturated rings. The number of nitrogens with zero attached hydrogens (tertiary/aromatic N) is 4. The molecule has 2 heterocycles. The van der Waals surface area contributed by atoms with Gasteiger partial charge in [0.2, 0.25) is 11.1 Å². The minimum absolute atomic E-state index is 0.0496. The molecule has 0 spiro atoms. The maximum atomic E-state index is 11.7. The lowest BCUT2D eigenvalue weighted by Gasteiger charge is -2.09. The molecular formula is C12H19N5O2S. The van der Waals surface area contributed by atoms with Crippen molar-refractivity contribution < 1.29 is 9.53 Å². The van der Waals surface area contributed by atoms with Gasteiger partial charge < -0.3 is 10.1 Å². The smallest absolute Gasteiger partial charge is 0.230 e. The summed E-state index contributed by atoms with van der Waals surface area (Å²) in [6.07, 6.45) is 4.83. The van der Waals surface area contributed by atoms with E-state index in [2.05, 4.69) is 20.8 Å².